The normalized spacial score (nSPS) is 16.4. The molecule has 0 aromatic heterocycles. The quantitative estimate of drug-likeness (QED) is 0.754. The van der Waals surface area contributed by atoms with Gasteiger partial charge in [0.05, 0.1) is 11.4 Å². The number of rotatable bonds is 5. The Kier molecular flexibility index (Phi) is 4.08. The summed E-state index contributed by atoms with van der Waals surface area (Å²) >= 11 is 1.93. The van der Waals surface area contributed by atoms with Gasteiger partial charge in [-0.2, -0.15) is 0 Å². The van der Waals surface area contributed by atoms with E-state index in [9.17, 15) is 0 Å². The highest BCUT2D eigenvalue weighted by Gasteiger charge is 2.27. The molecule has 1 aliphatic heterocycles. The van der Waals surface area contributed by atoms with Crippen molar-refractivity contribution in [3.8, 4) is 0 Å². The van der Waals surface area contributed by atoms with E-state index in [0.717, 1.165) is 19.0 Å². The van der Waals surface area contributed by atoms with Crippen molar-refractivity contribution in [2.45, 2.75) is 35.0 Å². The molecule has 4 rings (SSSR count). The van der Waals surface area contributed by atoms with Crippen molar-refractivity contribution in [2.75, 3.05) is 32.1 Å². The highest BCUT2D eigenvalue weighted by molar-refractivity contribution is 7.99. The predicted molar refractivity (Wildman–Crippen MR) is 99.2 cm³/mol. The van der Waals surface area contributed by atoms with Crippen molar-refractivity contribution in [1.29, 1.82) is 0 Å². The van der Waals surface area contributed by atoms with Crippen LogP contribution in [0.5, 0.6) is 0 Å². The summed E-state index contributed by atoms with van der Waals surface area (Å²) in [4.78, 5) is 7.60. The van der Waals surface area contributed by atoms with Crippen LogP contribution in [0.1, 0.15) is 30.7 Å². The van der Waals surface area contributed by atoms with Crippen molar-refractivity contribution in [2.24, 2.45) is 0 Å². The Morgan fingerprint density at radius 3 is 2.61 bits per heavy atom. The smallest absolute Gasteiger partial charge is 0.0553 e. The van der Waals surface area contributed by atoms with Crippen LogP contribution in [-0.4, -0.2) is 32.1 Å². The maximum absolute atomic E-state index is 2.52. The van der Waals surface area contributed by atoms with Crippen LogP contribution in [0.2, 0.25) is 0 Å². The molecule has 0 amide bonds. The van der Waals surface area contributed by atoms with E-state index in [-0.39, 0.29) is 0 Å². The summed E-state index contributed by atoms with van der Waals surface area (Å²) in [5.41, 5.74) is 4.28. The zero-order valence-electron chi connectivity index (χ0n) is 14.0. The molecule has 0 radical (unpaired) electrons. The van der Waals surface area contributed by atoms with Gasteiger partial charge in [-0.3, -0.25) is 0 Å². The van der Waals surface area contributed by atoms with E-state index < -0.39 is 0 Å². The summed E-state index contributed by atoms with van der Waals surface area (Å²) in [6, 6.07) is 16.0. The minimum absolute atomic E-state index is 0.820. The van der Waals surface area contributed by atoms with Gasteiger partial charge in [0.25, 0.3) is 0 Å². The number of hydrogen-bond acceptors (Lipinski definition) is 3. The zero-order chi connectivity index (χ0) is 15.8. The second-order valence-corrected chi connectivity index (χ2v) is 7.96. The zero-order valence-corrected chi connectivity index (χ0v) is 14.8. The molecule has 0 bridgehead atoms. The van der Waals surface area contributed by atoms with Gasteiger partial charge >= 0.3 is 0 Å². The molecule has 2 aromatic carbocycles. The molecular weight excluding hydrogens is 300 g/mol. The van der Waals surface area contributed by atoms with Crippen molar-refractivity contribution in [3.63, 3.8) is 0 Å². The molecule has 2 aliphatic rings. The Morgan fingerprint density at radius 2 is 1.83 bits per heavy atom. The summed E-state index contributed by atoms with van der Waals surface area (Å²) in [5.74, 6) is 0.820. The molecule has 23 heavy (non-hydrogen) atoms. The van der Waals surface area contributed by atoms with Gasteiger partial charge in [0, 0.05) is 16.3 Å². The molecule has 3 heteroatoms. The molecule has 0 atom stereocenters. The third-order valence-electron chi connectivity index (χ3n) is 4.69. The summed E-state index contributed by atoms with van der Waals surface area (Å²) < 4.78 is 0. The van der Waals surface area contributed by atoms with Crippen molar-refractivity contribution >= 4 is 23.1 Å². The fourth-order valence-electron chi connectivity index (χ4n) is 3.31. The maximum atomic E-state index is 2.52. The molecule has 0 unspecified atom stereocenters. The first kappa shape index (κ1) is 15.1. The van der Waals surface area contributed by atoms with Crippen LogP contribution >= 0.6 is 11.8 Å². The Labute approximate surface area is 143 Å². The standard InChI is InChI=1S/C20H24N2S/c1-21(2)12-5-13-22-17-6-3-4-7-19(17)23-20-14-16(15-8-9-15)10-11-18(20)22/h3-4,6-7,10-11,14-15H,5,8-9,12-13H2,1-2H3. The Bertz CT molecular complexity index is 707. The van der Waals surface area contributed by atoms with Crippen LogP contribution in [0.25, 0.3) is 0 Å². The van der Waals surface area contributed by atoms with Crippen LogP contribution in [0, 0.1) is 0 Å². The van der Waals surface area contributed by atoms with E-state index in [4.69, 9.17) is 0 Å². The molecule has 120 valence electrons. The summed E-state index contributed by atoms with van der Waals surface area (Å²) in [6.07, 6.45) is 3.91. The minimum atomic E-state index is 0.820. The second kappa shape index (κ2) is 6.21. The fourth-order valence-corrected chi connectivity index (χ4v) is 4.45. The Morgan fingerprint density at radius 1 is 1.04 bits per heavy atom. The number of anilines is 2. The van der Waals surface area contributed by atoms with Crippen LogP contribution in [0.15, 0.2) is 52.3 Å². The van der Waals surface area contributed by atoms with Crippen molar-refractivity contribution in [3.05, 3.63) is 48.0 Å². The van der Waals surface area contributed by atoms with Gasteiger partial charge in [0.15, 0.2) is 0 Å². The third-order valence-corrected chi connectivity index (χ3v) is 5.80. The average molecular weight is 324 g/mol. The number of benzene rings is 2. The number of para-hydroxylation sites is 1. The predicted octanol–water partition coefficient (Wildman–Crippen LogP) is 5.12. The van der Waals surface area contributed by atoms with Gasteiger partial charge in [-0.05, 0) is 75.6 Å². The number of fused-ring (bicyclic) bond motifs is 2. The summed E-state index contributed by atoms with van der Waals surface area (Å²) in [6.45, 7) is 2.20. The molecule has 0 saturated heterocycles. The van der Waals surface area contributed by atoms with Crippen molar-refractivity contribution < 1.29 is 0 Å². The first-order chi connectivity index (χ1) is 11.2. The lowest BCUT2D eigenvalue weighted by atomic mass is 10.1. The van der Waals surface area contributed by atoms with Crippen LogP contribution in [0.4, 0.5) is 11.4 Å². The lowest BCUT2D eigenvalue weighted by molar-refractivity contribution is 0.402. The topological polar surface area (TPSA) is 6.48 Å². The molecule has 0 spiro atoms. The lowest BCUT2D eigenvalue weighted by Gasteiger charge is -2.33. The summed E-state index contributed by atoms with van der Waals surface area (Å²) in [7, 11) is 4.30. The minimum Gasteiger partial charge on any atom is -0.340 e. The molecular formula is C20H24N2S. The summed E-state index contributed by atoms with van der Waals surface area (Å²) in [5, 5.41) is 0. The Balaban J connectivity index is 1.66. The van der Waals surface area contributed by atoms with E-state index in [1.807, 2.05) is 11.8 Å². The van der Waals surface area contributed by atoms with Gasteiger partial charge < -0.3 is 9.80 Å². The van der Waals surface area contributed by atoms with Crippen LogP contribution < -0.4 is 4.90 Å². The molecule has 1 heterocycles. The number of hydrogen-bond donors (Lipinski definition) is 0. The monoisotopic (exact) mass is 324 g/mol. The molecule has 1 fully saturated rings. The van der Waals surface area contributed by atoms with E-state index in [1.165, 1.54) is 46.0 Å². The fraction of sp³-hybridized carbons (Fsp3) is 0.400. The Hall–Kier alpha value is -1.45. The first-order valence-corrected chi connectivity index (χ1v) is 9.37. The van der Waals surface area contributed by atoms with E-state index >= 15 is 0 Å². The third kappa shape index (κ3) is 3.13. The molecule has 0 N–H and O–H groups in total. The second-order valence-electron chi connectivity index (χ2n) is 6.88. The molecule has 1 aliphatic carbocycles. The number of nitrogens with zero attached hydrogens (tertiary/aromatic N) is 2. The van der Waals surface area contributed by atoms with Gasteiger partial charge in [0.1, 0.15) is 0 Å². The maximum Gasteiger partial charge on any atom is 0.0553 e. The molecule has 2 nitrogen and oxygen atoms in total. The highest BCUT2D eigenvalue weighted by Crippen LogP contribution is 2.50. The van der Waals surface area contributed by atoms with Gasteiger partial charge in [-0.25, -0.2) is 0 Å². The average Bonchev–Trinajstić information content (AvgIpc) is 3.38. The van der Waals surface area contributed by atoms with Gasteiger partial charge in [-0.1, -0.05) is 30.0 Å². The largest absolute Gasteiger partial charge is 0.340 e. The lowest BCUT2D eigenvalue weighted by Crippen LogP contribution is -2.25. The highest BCUT2D eigenvalue weighted by atomic mass is 32.2. The van der Waals surface area contributed by atoms with Crippen LogP contribution in [-0.2, 0) is 0 Å². The van der Waals surface area contributed by atoms with Crippen LogP contribution in [0.3, 0.4) is 0 Å². The van der Waals surface area contributed by atoms with Gasteiger partial charge in [0.2, 0.25) is 0 Å². The molecule has 1 saturated carbocycles. The SMILES string of the molecule is CN(C)CCCN1c2ccccc2Sc2cc(C3CC3)ccc21. The van der Waals surface area contributed by atoms with E-state index in [0.29, 0.717) is 0 Å². The first-order valence-electron chi connectivity index (χ1n) is 8.55. The van der Waals surface area contributed by atoms with E-state index in [1.54, 1.807) is 0 Å². The molecule has 2 aromatic rings. The van der Waals surface area contributed by atoms with Gasteiger partial charge in [-0.15, -0.1) is 0 Å². The van der Waals surface area contributed by atoms with E-state index in [2.05, 4.69) is 66.4 Å². The van der Waals surface area contributed by atoms with Crippen molar-refractivity contribution in [1.82, 2.24) is 4.90 Å².